The van der Waals surface area contributed by atoms with Crippen LogP contribution >= 0.6 is 11.6 Å². The highest BCUT2D eigenvalue weighted by atomic mass is 35.5. The van der Waals surface area contributed by atoms with Crippen molar-refractivity contribution < 1.29 is 14.3 Å². The molecule has 26 heavy (non-hydrogen) atoms. The molecule has 2 amide bonds. The van der Waals surface area contributed by atoms with Crippen molar-refractivity contribution in [2.45, 2.75) is 0 Å². The number of carbonyl (C=O) groups excluding carboxylic acids is 2. The molecule has 0 unspecified atom stereocenters. The Morgan fingerprint density at radius 2 is 1.92 bits per heavy atom. The number of benzene rings is 2. The third kappa shape index (κ3) is 3.65. The molecule has 2 aromatic carbocycles. The van der Waals surface area contributed by atoms with E-state index in [9.17, 15) is 9.59 Å². The number of carbonyl (C=O) groups is 2. The quantitative estimate of drug-likeness (QED) is 0.665. The second-order valence-corrected chi connectivity index (χ2v) is 6.51. The van der Waals surface area contributed by atoms with Gasteiger partial charge < -0.3 is 15.4 Å². The fourth-order valence-electron chi connectivity index (χ4n) is 2.48. The number of nitrogen functional groups attached to an aromatic ring is 1. The lowest BCUT2D eigenvalue weighted by Crippen LogP contribution is -2.43. The summed E-state index contributed by atoms with van der Waals surface area (Å²) in [6.45, 7) is -0.0932. The molecule has 1 aliphatic rings. The predicted octanol–water partition coefficient (Wildman–Crippen LogP) is 2.78. The fourth-order valence-corrected chi connectivity index (χ4v) is 2.60. The minimum atomic E-state index is -0.396. The van der Waals surface area contributed by atoms with Crippen molar-refractivity contribution in [2.24, 2.45) is 0 Å². The number of likely N-dealkylation sites (N-methyl/N-ethyl adjacent to an activating group) is 1. The van der Waals surface area contributed by atoms with Crippen LogP contribution in [-0.2, 0) is 9.59 Å². The van der Waals surface area contributed by atoms with E-state index < -0.39 is 5.91 Å². The maximum atomic E-state index is 12.9. The van der Waals surface area contributed by atoms with Crippen molar-refractivity contribution in [1.82, 2.24) is 4.90 Å². The number of nitrogens with two attached hydrogens (primary N) is 1. The molecule has 0 bridgehead atoms. The lowest BCUT2D eigenvalue weighted by atomic mass is 10.1. The summed E-state index contributed by atoms with van der Waals surface area (Å²) in [6, 6.07) is 12.0. The van der Waals surface area contributed by atoms with Gasteiger partial charge in [-0.2, -0.15) is 0 Å². The third-order valence-corrected chi connectivity index (χ3v) is 4.16. The van der Waals surface area contributed by atoms with E-state index in [4.69, 9.17) is 22.1 Å². The van der Waals surface area contributed by atoms with Gasteiger partial charge in [-0.3, -0.25) is 14.5 Å². The van der Waals surface area contributed by atoms with Crippen LogP contribution in [0, 0.1) is 0 Å². The van der Waals surface area contributed by atoms with Crippen LogP contribution in [0.3, 0.4) is 0 Å². The van der Waals surface area contributed by atoms with Crippen LogP contribution in [0.2, 0.25) is 5.02 Å². The number of hydrogen-bond donors (Lipinski definition) is 1. The standard InChI is InChI=1S/C19H18ClN3O3/c1-22(2)18(24)11-23-15-8-7-14(21)10-16(15)26-17(19(23)25)9-12-3-5-13(20)6-4-12/h3-10H,11,21H2,1-2H3/b17-9+. The van der Waals surface area contributed by atoms with Gasteiger partial charge in [-0.05, 0) is 35.9 Å². The van der Waals surface area contributed by atoms with E-state index in [0.717, 1.165) is 5.56 Å². The van der Waals surface area contributed by atoms with E-state index in [-0.39, 0.29) is 18.2 Å². The summed E-state index contributed by atoms with van der Waals surface area (Å²) in [5, 5.41) is 0.597. The molecule has 0 aromatic heterocycles. The van der Waals surface area contributed by atoms with Gasteiger partial charge in [0.15, 0.2) is 11.5 Å². The topological polar surface area (TPSA) is 75.9 Å². The van der Waals surface area contributed by atoms with Gasteiger partial charge in [0.05, 0.1) is 5.69 Å². The summed E-state index contributed by atoms with van der Waals surface area (Å²) >= 11 is 5.89. The van der Waals surface area contributed by atoms with Crippen LogP contribution in [0.4, 0.5) is 11.4 Å². The molecule has 0 spiro atoms. The summed E-state index contributed by atoms with van der Waals surface area (Å²) in [4.78, 5) is 27.9. The molecule has 2 aromatic rings. The van der Waals surface area contributed by atoms with E-state index in [1.54, 1.807) is 62.6 Å². The summed E-state index contributed by atoms with van der Waals surface area (Å²) in [5.41, 5.74) is 7.60. The Bertz CT molecular complexity index is 891. The van der Waals surface area contributed by atoms with Crippen molar-refractivity contribution in [3.8, 4) is 5.75 Å². The Labute approximate surface area is 156 Å². The number of hydrogen-bond acceptors (Lipinski definition) is 4. The molecule has 0 saturated heterocycles. The van der Waals surface area contributed by atoms with Crippen LogP contribution in [0.5, 0.6) is 5.75 Å². The molecule has 1 aliphatic heterocycles. The van der Waals surface area contributed by atoms with E-state index in [1.165, 1.54) is 9.80 Å². The Kier molecular flexibility index (Phi) is 4.86. The largest absolute Gasteiger partial charge is 0.449 e. The number of amides is 2. The number of halogens is 1. The van der Waals surface area contributed by atoms with Gasteiger partial charge in [0, 0.05) is 30.9 Å². The molecule has 0 saturated carbocycles. The molecule has 7 heteroatoms. The van der Waals surface area contributed by atoms with Crippen LogP contribution < -0.4 is 15.4 Å². The smallest absolute Gasteiger partial charge is 0.294 e. The Balaban J connectivity index is 2.02. The SMILES string of the molecule is CN(C)C(=O)CN1C(=O)/C(=C\c2ccc(Cl)cc2)Oc2cc(N)ccc21. The molecule has 0 fully saturated rings. The highest BCUT2D eigenvalue weighted by Crippen LogP contribution is 2.37. The molecule has 0 radical (unpaired) electrons. The van der Waals surface area contributed by atoms with Crippen molar-refractivity contribution in [2.75, 3.05) is 31.3 Å². The number of rotatable bonds is 3. The molecular weight excluding hydrogens is 354 g/mol. The van der Waals surface area contributed by atoms with Gasteiger partial charge >= 0.3 is 0 Å². The minimum absolute atomic E-state index is 0.0932. The minimum Gasteiger partial charge on any atom is -0.449 e. The van der Waals surface area contributed by atoms with Crippen molar-refractivity contribution in [3.63, 3.8) is 0 Å². The third-order valence-electron chi connectivity index (χ3n) is 3.91. The Hall–Kier alpha value is -2.99. The molecule has 2 N–H and O–H groups in total. The van der Waals surface area contributed by atoms with Gasteiger partial charge in [-0.25, -0.2) is 0 Å². The summed E-state index contributed by atoms with van der Waals surface area (Å²) < 4.78 is 5.76. The van der Waals surface area contributed by atoms with Gasteiger partial charge in [-0.15, -0.1) is 0 Å². The van der Waals surface area contributed by atoms with Crippen molar-refractivity contribution in [1.29, 1.82) is 0 Å². The normalized spacial score (nSPS) is 14.8. The lowest BCUT2D eigenvalue weighted by Gasteiger charge is -2.31. The van der Waals surface area contributed by atoms with E-state index in [1.807, 2.05) is 0 Å². The number of nitrogens with zero attached hydrogens (tertiary/aromatic N) is 2. The zero-order valence-corrected chi connectivity index (χ0v) is 15.2. The first kappa shape index (κ1) is 17.8. The van der Waals surface area contributed by atoms with Gasteiger partial charge in [0.1, 0.15) is 6.54 Å². The first-order valence-electron chi connectivity index (χ1n) is 7.92. The monoisotopic (exact) mass is 371 g/mol. The Morgan fingerprint density at radius 1 is 1.23 bits per heavy atom. The average molecular weight is 372 g/mol. The second kappa shape index (κ2) is 7.09. The van der Waals surface area contributed by atoms with E-state index in [2.05, 4.69) is 0 Å². The van der Waals surface area contributed by atoms with E-state index >= 15 is 0 Å². The van der Waals surface area contributed by atoms with Crippen LogP contribution in [0.25, 0.3) is 6.08 Å². The first-order valence-corrected chi connectivity index (χ1v) is 8.29. The second-order valence-electron chi connectivity index (χ2n) is 6.07. The highest BCUT2D eigenvalue weighted by Gasteiger charge is 2.32. The van der Waals surface area contributed by atoms with Crippen LogP contribution in [-0.4, -0.2) is 37.4 Å². The maximum Gasteiger partial charge on any atom is 0.294 e. The summed E-state index contributed by atoms with van der Waals surface area (Å²) in [7, 11) is 3.28. The Morgan fingerprint density at radius 3 is 2.58 bits per heavy atom. The van der Waals surface area contributed by atoms with Gasteiger partial charge in [0.2, 0.25) is 5.91 Å². The zero-order chi connectivity index (χ0) is 18.8. The number of anilines is 2. The van der Waals surface area contributed by atoms with E-state index in [0.29, 0.717) is 22.1 Å². The average Bonchev–Trinajstić information content (AvgIpc) is 2.60. The predicted molar refractivity (Wildman–Crippen MR) is 102 cm³/mol. The maximum absolute atomic E-state index is 12.9. The number of fused-ring (bicyclic) bond motifs is 1. The molecule has 0 atom stereocenters. The fraction of sp³-hybridized carbons (Fsp3) is 0.158. The van der Waals surface area contributed by atoms with Crippen LogP contribution in [0.1, 0.15) is 5.56 Å². The number of ether oxygens (including phenoxy) is 1. The summed E-state index contributed by atoms with van der Waals surface area (Å²) in [6.07, 6.45) is 1.61. The van der Waals surface area contributed by atoms with Crippen molar-refractivity contribution in [3.05, 3.63) is 58.8 Å². The lowest BCUT2D eigenvalue weighted by molar-refractivity contribution is -0.129. The molecular formula is C19H18ClN3O3. The highest BCUT2D eigenvalue weighted by molar-refractivity contribution is 6.30. The van der Waals surface area contributed by atoms with Crippen molar-refractivity contribution >= 4 is 40.9 Å². The van der Waals surface area contributed by atoms with Gasteiger partial charge in [-0.1, -0.05) is 23.7 Å². The first-order chi connectivity index (χ1) is 12.3. The van der Waals surface area contributed by atoms with Gasteiger partial charge in [0.25, 0.3) is 5.91 Å². The van der Waals surface area contributed by atoms with Crippen LogP contribution in [0.15, 0.2) is 48.2 Å². The summed E-state index contributed by atoms with van der Waals surface area (Å²) in [5.74, 6) is -0.0605. The zero-order valence-electron chi connectivity index (χ0n) is 14.4. The molecule has 3 rings (SSSR count). The molecule has 1 heterocycles. The molecule has 6 nitrogen and oxygen atoms in total. The molecule has 134 valence electrons. The molecule has 0 aliphatic carbocycles.